The Bertz CT molecular complexity index is 1620. The average Bonchev–Trinajstić information content (AvgIpc) is 3.42. The number of hydrogen-bond donors (Lipinski definition) is 2. The van der Waals surface area contributed by atoms with Crippen LogP contribution in [0.25, 0.3) is 0 Å². The van der Waals surface area contributed by atoms with E-state index >= 15 is 0 Å². The summed E-state index contributed by atoms with van der Waals surface area (Å²) in [6.45, 7) is 22.7. The summed E-state index contributed by atoms with van der Waals surface area (Å²) >= 11 is 0. The maximum Gasteiger partial charge on any atom is 0.338 e. The number of carbonyl (C=O) groups is 3. The predicted molar refractivity (Wildman–Crippen MR) is 218 cm³/mol. The fourth-order valence-corrected chi connectivity index (χ4v) is 17.0. The van der Waals surface area contributed by atoms with Crippen LogP contribution < -0.4 is 0 Å². The van der Waals surface area contributed by atoms with E-state index in [0.29, 0.717) is 11.1 Å². The van der Waals surface area contributed by atoms with Crippen LogP contribution in [0.1, 0.15) is 106 Å². The largest absolute Gasteiger partial charge is 0.457 e. The number of carbonyl (C=O) groups excluding carboxylic acids is 3. The minimum Gasteiger partial charge on any atom is -0.457 e. The standard InChI is InChI=1S/C43H68O11Si2/c1-13-55(14-2,15-3)53-31-25-42(40(10,11)48)34(27(31)7)35(50-28(8)44)37(46)41(12)32(54-56(16-4,17-5)18-6)24-33-43(26-49-33,52-29(9)45)36(41)38(42)51-39(47)30-22-20-19-21-23-30/h19-23,31-33,35-38,46,48H,13-18,24-26H2,1-12H3/t31?,32?,33?,35-,36-,37-,38-,41+,42-,43-/m0/s1. The van der Waals surface area contributed by atoms with Gasteiger partial charge in [-0.3, -0.25) is 9.59 Å². The van der Waals surface area contributed by atoms with Crippen LogP contribution in [0.5, 0.6) is 0 Å². The predicted octanol–water partition coefficient (Wildman–Crippen LogP) is 7.50. The molecule has 2 N–H and O–H groups in total. The summed E-state index contributed by atoms with van der Waals surface area (Å²) in [5.41, 5.74) is -4.47. The van der Waals surface area contributed by atoms with Crippen molar-refractivity contribution in [3.05, 3.63) is 47.0 Å². The second-order valence-electron chi connectivity index (χ2n) is 17.6. The van der Waals surface area contributed by atoms with Crippen LogP contribution in [0.2, 0.25) is 36.3 Å². The zero-order chi connectivity index (χ0) is 41.6. The lowest BCUT2D eigenvalue weighted by atomic mass is 9.49. The maximum atomic E-state index is 14.7. The molecule has 5 rings (SSSR count). The van der Waals surface area contributed by atoms with Gasteiger partial charge in [0.05, 0.1) is 41.3 Å². The second-order valence-corrected chi connectivity index (χ2v) is 27.1. The molecule has 0 radical (unpaired) electrons. The first-order chi connectivity index (χ1) is 26.3. The van der Waals surface area contributed by atoms with Crippen LogP contribution in [-0.2, 0) is 37.4 Å². The Kier molecular flexibility index (Phi) is 13.0. The Balaban J connectivity index is 1.93. The van der Waals surface area contributed by atoms with Crippen molar-refractivity contribution in [3.63, 3.8) is 0 Å². The normalized spacial score (nSPS) is 34.4. The summed E-state index contributed by atoms with van der Waals surface area (Å²) in [7, 11) is -4.75. The Labute approximate surface area is 336 Å². The molecule has 1 aromatic rings. The molecule has 1 aliphatic heterocycles. The molecule has 0 spiro atoms. The van der Waals surface area contributed by atoms with Crippen LogP contribution in [0.15, 0.2) is 41.5 Å². The minimum absolute atomic E-state index is 0.0239. The van der Waals surface area contributed by atoms with Crippen molar-refractivity contribution in [1.82, 2.24) is 0 Å². The van der Waals surface area contributed by atoms with Gasteiger partial charge in [-0.2, -0.15) is 0 Å². The van der Waals surface area contributed by atoms with Crippen molar-refractivity contribution >= 4 is 34.5 Å². The molecule has 3 aliphatic carbocycles. The Morgan fingerprint density at radius 2 is 1.43 bits per heavy atom. The van der Waals surface area contributed by atoms with E-state index in [1.165, 1.54) is 13.8 Å². The fourth-order valence-electron chi connectivity index (χ4n) is 11.1. The number of benzene rings is 1. The van der Waals surface area contributed by atoms with E-state index in [2.05, 4.69) is 41.5 Å². The lowest BCUT2D eigenvalue weighted by Gasteiger charge is -2.66. The molecule has 1 heterocycles. The summed E-state index contributed by atoms with van der Waals surface area (Å²) < 4.78 is 40.7. The molecular formula is C43H68O11Si2. The fraction of sp³-hybridized carbons (Fsp3) is 0.744. The van der Waals surface area contributed by atoms with Gasteiger partial charge in [0.1, 0.15) is 18.3 Å². The van der Waals surface area contributed by atoms with Gasteiger partial charge in [0.15, 0.2) is 28.3 Å². The third-order valence-electron chi connectivity index (χ3n) is 14.9. The van der Waals surface area contributed by atoms with Crippen molar-refractivity contribution in [2.75, 3.05) is 6.61 Å². The van der Waals surface area contributed by atoms with E-state index in [1.54, 1.807) is 38.1 Å². The molecule has 3 unspecified atom stereocenters. The molecule has 3 fully saturated rings. The second kappa shape index (κ2) is 16.3. The number of aliphatic hydroxyl groups is 2. The minimum atomic E-state index is -2.43. The zero-order valence-corrected chi connectivity index (χ0v) is 37.9. The first-order valence-corrected chi connectivity index (χ1v) is 26.0. The Hall–Kier alpha value is -2.40. The van der Waals surface area contributed by atoms with Gasteiger partial charge >= 0.3 is 17.9 Å². The summed E-state index contributed by atoms with van der Waals surface area (Å²) in [6, 6.07) is 13.7. The zero-order valence-electron chi connectivity index (χ0n) is 35.9. The van der Waals surface area contributed by atoms with Crippen molar-refractivity contribution in [3.8, 4) is 0 Å². The molecule has 11 nitrogen and oxygen atoms in total. The Morgan fingerprint density at radius 1 is 0.875 bits per heavy atom. The third kappa shape index (κ3) is 7.08. The van der Waals surface area contributed by atoms with Crippen LogP contribution in [0, 0.1) is 16.7 Å². The van der Waals surface area contributed by atoms with Gasteiger partial charge < -0.3 is 38.0 Å². The molecule has 56 heavy (non-hydrogen) atoms. The summed E-state index contributed by atoms with van der Waals surface area (Å²) in [5, 5.41) is 26.3. The van der Waals surface area contributed by atoms with E-state index in [4.69, 9.17) is 27.8 Å². The Morgan fingerprint density at radius 3 is 1.89 bits per heavy atom. The van der Waals surface area contributed by atoms with Crippen molar-refractivity contribution in [2.24, 2.45) is 16.7 Å². The molecule has 2 saturated carbocycles. The van der Waals surface area contributed by atoms with Gasteiger partial charge in [-0.15, -0.1) is 0 Å². The highest BCUT2D eigenvalue weighted by atomic mass is 28.4. The topological polar surface area (TPSA) is 147 Å². The summed E-state index contributed by atoms with van der Waals surface area (Å²) in [6.07, 6.45) is -5.45. The monoisotopic (exact) mass is 816 g/mol. The highest BCUT2D eigenvalue weighted by Crippen LogP contribution is 2.69. The highest BCUT2D eigenvalue weighted by molar-refractivity contribution is 6.74. The molecule has 0 amide bonds. The van der Waals surface area contributed by atoms with E-state index in [1.807, 2.05) is 19.9 Å². The van der Waals surface area contributed by atoms with Gasteiger partial charge in [-0.25, -0.2) is 4.79 Å². The van der Waals surface area contributed by atoms with Crippen LogP contribution >= 0.6 is 0 Å². The lowest BCUT2D eigenvalue weighted by molar-refractivity contribution is -0.349. The number of aliphatic hydroxyl groups excluding tert-OH is 1. The third-order valence-corrected chi connectivity index (χ3v) is 24.2. The number of hydrogen-bond acceptors (Lipinski definition) is 11. The number of rotatable bonds is 15. The summed E-state index contributed by atoms with van der Waals surface area (Å²) in [5.74, 6) is -2.81. The van der Waals surface area contributed by atoms with E-state index in [-0.39, 0.29) is 19.4 Å². The number of fused-ring (bicyclic) bond motifs is 4. The summed E-state index contributed by atoms with van der Waals surface area (Å²) in [4.78, 5) is 41.3. The van der Waals surface area contributed by atoms with Crippen LogP contribution in [0.3, 0.4) is 0 Å². The van der Waals surface area contributed by atoms with Crippen molar-refractivity contribution < 1.29 is 52.4 Å². The quantitative estimate of drug-likeness (QED) is 0.0785. The lowest BCUT2D eigenvalue weighted by Crippen LogP contribution is -2.79. The number of esters is 3. The molecule has 0 aromatic heterocycles. The van der Waals surface area contributed by atoms with Crippen LogP contribution in [-0.4, -0.2) is 99.2 Å². The number of ether oxygens (including phenoxy) is 4. The SMILES string of the molecule is CC[Si](CC)(CC)OC1C[C@]2(C(C)(C)O)C(=C1C)[C@H](OC(C)=O)[C@H](O)[C@]1(C)C(O[Si](CC)(CC)CC)CC3OC[C@@]3(OC(C)=O)[C@H]1[C@@H]2OC(=O)c1ccccc1. The maximum absolute atomic E-state index is 14.7. The molecule has 1 aromatic carbocycles. The van der Waals surface area contributed by atoms with Gasteiger partial charge in [0, 0.05) is 25.7 Å². The van der Waals surface area contributed by atoms with Gasteiger partial charge in [0.25, 0.3) is 0 Å². The molecule has 10 atom stereocenters. The van der Waals surface area contributed by atoms with Crippen molar-refractivity contribution in [2.45, 2.75) is 180 Å². The van der Waals surface area contributed by atoms with E-state index < -0.39 is 99.1 Å². The first kappa shape index (κ1) is 44.7. The molecule has 0 bridgehead atoms. The molecular weight excluding hydrogens is 749 g/mol. The molecule has 314 valence electrons. The molecule has 4 aliphatic rings. The smallest absolute Gasteiger partial charge is 0.338 e. The molecule has 13 heteroatoms. The van der Waals surface area contributed by atoms with Crippen molar-refractivity contribution in [1.29, 1.82) is 0 Å². The van der Waals surface area contributed by atoms with Crippen LogP contribution in [0.4, 0.5) is 0 Å². The van der Waals surface area contributed by atoms with Gasteiger partial charge in [0.2, 0.25) is 0 Å². The van der Waals surface area contributed by atoms with E-state index in [0.717, 1.165) is 41.8 Å². The van der Waals surface area contributed by atoms with E-state index in [9.17, 15) is 24.6 Å². The van der Waals surface area contributed by atoms with Gasteiger partial charge in [-0.1, -0.05) is 66.7 Å². The highest BCUT2D eigenvalue weighted by Gasteiger charge is 2.80. The first-order valence-electron chi connectivity index (χ1n) is 21.0. The molecule has 1 saturated heterocycles. The van der Waals surface area contributed by atoms with Gasteiger partial charge in [-0.05, 0) is 86.7 Å². The average molecular weight is 817 g/mol.